The third kappa shape index (κ3) is 3.26. The van der Waals surface area contributed by atoms with Crippen molar-refractivity contribution in [2.75, 3.05) is 0 Å². The first-order valence-electron chi connectivity index (χ1n) is 10.5. The second-order valence-corrected chi connectivity index (χ2v) is 8.35. The van der Waals surface area contributed by atoms with E-state index in [-0.39, 0.29) is 0 Å². The third-order valence-electron chi connectivity index (χ3n) is 5.83. The highest BCUT2D eigenvalue weighted by Gasteiger charge is 2.17. The number of nitrogens with zero attached hydrogens (tertiary/aromatic N) is 5. The van der Waals surface area contributed by atoms with Crippen LogP contribution in [0.25, 0.3) is 44.9 Å². The predicted octanol–water partition coefficient (Wildman–Crippen LogP) is 5.68. The Hall–Kier alpha value is -3.58. The number of H-pyrrole nitrogens is 1. The number of fused-ring (bicyclic) bond motifs is 2. The van der Waals surface area contributed by atoms with E-state index >= 15 is 0 Å². The first-order chi connectivity index (χ1) is 15.7. The molecule has 0 saturated carbocycles. The van der Waals surface area contributed by atoms with E-state index < -0.39 is 5.82 Å². The molecule has 32 heavy (non-hydrogen) atoms. The average molecular weight is 445 g/mol. The Morgan fingerprint density at radius 1 is 0.969 bits per heavy atom. The van der Waals surface area contributed by atoms with Crippen molar-refractivity contribution in [3.05, 3.63) is 71.5 Å². The first kappa shape index (κ1) is 19.1. The Labute approximate surface area is 188 Å². The molecule has 5 aromatic rings. The highest BCUT2D eigenvalue weighted by atomic mass is 35.5. The Morgan fingerprint density at radius 2 is 1.91 bits per heavy atom. The number of nitrogens with one attached hydrogen (secondary N) is 1. The largest absolute Gasteiger partial charge is 0.343 e. The minimum atomic E-state index is -0.392. The van der Waals surface area contributed by atoms with Gasteiger partial charge in [-0.1, -0.05) is 11.6 Å². The Bertz CT molecular complexity index is 1450. The van der Waals surface area contributed by atoms with E-state index in [0.29, 0.717) is 27.7 Å². The molecule has 5 heterocycles. The maximum Gasteiger partial charge on any atom is 0.132 e. The van der Waals surface area contributed by atoms with Gasteiger partial charge in [-0.15, -0.1) is 0 Å². The van der Waals surface area contributed by atoms with Crippen molar-refractivity contribution in [1.29, 1.82) is 0 Å². The van der Waals surface area contributed by atoms with Gasteiger partial charge in [0, 0.05) is 34.6 Å². The first-order valence-corrected chi connectivity index (χ1v) is 10.9. The molecule has 0 amide bonds. The second-order valence-electron chi connectivity index (χ2n) is 7.91. The maximum atomic E-state index is 14.5. The summed E-state index contributed by atoms with van der Waals surface area (Å²) in [7, 11) is 0. The van der Waals surface area contributed by atoms with E-state index in [2.05, 4.69) is 25.7 Å². The zero-order valence-electron chi connectivity index (χ0n) is 17.0. The minimum Gasteiger partial charge on any atom is -0.343 e. The van der Waals surface area contributed by atoms with Crippen LogP contribution in [0, 0.1) is 5.82 Å². The molecule has 0 bridgehead atoms. The maximum absolute atomic E-state index is 14.5. The van der Waals surface area contributed by atoms with E-state index in [1.807, 2.05) is 24.4 Å². The van der Waals surface area contributed by atoms with Crippen molar-refractivity contribution in [3.8, 4) is 33.9 Å². The van der Waals surface area contributed by atoms with Gasteiger partial charge in [-0.3, -0.25) is 9.67 Å². The molecule has 6 nitrogen and oxygen atoms in total. The van der Waals surface area contributed by atoms with Crippen LogP contribution in [0.3, 0.4) is 0 Å². The lowest BCUT2D eigenvalue weighted by Crippen LogP contribution is -2.10. The number of hydrogen-bond acceptors (Lipinski definition) is 4. The van der Waals surface area contributed by atoms with Crippen LogP contribution < -0.4 is 0 Å². The van der Waals surface area contributed by atoms with Crippen LogP contribution in [-0.2, 0) is 13.0 Å². The molecule has 1 aromatic carbocycles. The van der Waals surface area contributed by atoms with Crippen LogP contribution in [0.1, 0.15) is 18.5 Å². The quantitative estimate of drug-likeness (QED) is 0.388. The van der Waals surface area contributed by atoms with E-state index in [0.717, 1.165) is 41.7 Å². The molecule has 6 rings (SSSR count). The Kier molecular flexibility index (Phi) is 4.50. The molecule has 1 aliphatic heterocycles. The fourth-order valence-corrected chi connectivity index (χ4v) is 4.39. The third-order valence-corrected chi connectivity index (χ3v) is 6.06. The molecule has 8 heteroatoms. The van der Waals surface area contributed by atoms with Gasteiger partial charge in [-0.05, 0) is 61.7 Å². The van der Waals surface area contributed by atoms with Crippen LogP contribution >= 0.6 is 11.6 Å². The predicted molar refractivity (Wildman–Crippen MR) is 122 cm³/mol. The van der Waals surface area contributed by atoms with Crippen LogP contribution in [-0.4, -0.2) is 29.7 Å². The summed E-state index contributed by atoms with van der Waals surface area (Å²) in [6, 6.07) is 12.3. The summed E-state index contributed by atoms with van der Waals surface area (Å²) in [5.74, 6) is -0.392. The smallest absolute Gasteiger partial charge is 0.132 e. The highest BCUT2D eigenvalue weighted by Crippen LogP contribution is 2.32. The Balaban J connectivity index is 1.43. The van der Waals surface area contributed by atoms with Crippen molar-refractivity contribution in [1.82, 2.24) is 29.7 Å². The summed E-state index contributed by atoms with van der Waals surface area (Å²) in [6.07, 6.45) is 6.78. The summed E-state index contributed by atoms with van der Waals surface area (Å²) in [6.45, 7) is 0.960. The molecule has 0 atom stereocenters. The van der Waals surface area contributed by atoms with Gasteiger partial charge in [0.1, 0.15) is 11.5 Å². The topological polar surface area (TPSA) is 72.3 Å². The zero-order valence-corrected chi connectivity index (χ0v) is 17.8. The SMILES string of the molecule is Fc1ccc(Cl)cc1-c1nc[nH]c1-c1ccc2ncc(-c3cc4n(n3)CCCC4)cc2n1. The molecule has 0 radical (unpaired) electrons. The second kappa shape index (κ2) is 7.53. The number of benzene rings is 1. The summed E-state index contributed by atoms with van der Waals surface area (Å²) in [5.41, 5.74) is 6.66. The van der Waals surface area contributed by atoms with Crippen molar-refractivity contribution in [2.24, 2.45) is 0 Å². The number of rotatable bonds is 3. The van der Waals surface area contributed by atoms with E-state index in [4.69, 9.17) is 21.7 Å². The average Bonchev–Trinajstić information content (AvgIpc) is 3.47. The molecule has 0 unspecified atom stereocenters. The number of aromatic nitrogens is 6. The van der Waals surface area contributed by atoms with E-state index in [1.165, 1.54) is 30.6 Å². The lowest BCUT2D eigenvalue weighted by atomic mass is 10.1. The van der Waals surface area contributed by atoms with Crippen LogP contribution in [0.15, 0.2) is 55.0 Å². The van der Waals surface area contributed by atoms with E-state index in [9.17, 15) is 4.39 Å². The molecule has 0 spiro atoms. The van der Waals surface area contributed by atoms with Gasteiger partial charge in [0.2, 0.25) is 0 Å². The summed E-state index contributed by atoms with van der Waals surface area (Å²) in [5, 5.41) is 5.19. The molecular formula is C24H18ClFN6. The normalized spacial score (nSPS) is 13.4. The molecule has 0 aliphatic carbocycles. The monoisotopic (exact) mass is 444 g/mol. The molecule has 0 fully saturated rings. The molecular weight excluding hydrogens is 427 g/mol. The van der Waals surface area contributed by atoms with Crippen molar-refractivity contribution in [2.45, 2.75) is 25.8 Å². The number of imidazole rings is 1. The fraction of sp³-hybridized carbons (Fsp3) is 0.167. The lowest BCUT2D eigenvalue weighted by Gasteiger charge is -2.11. The molecule has 0 saturated heterocycles. The van der Waals surface area contributed by atoms with Gasteiger partial charge in [-0.25, -0.2) is 14.4 Å². The summed E-state index contributed by atoms with van der Waals surface area (Å²) < 4.78 is 16.6. The van der Waals surface area contributed by atoms with E-state index in [1.54, 1.807) is 6.07 Å². The number of pyridine rings is 2. The summed E-state index contributed by atoms with van der Waals surface area (Å²) >= 11 is 6.09. The Morgan fingerprint density at radius 3 is 2.81 bits per heavy atom. The van der Waals surface area contributed by atoms with Crippen molar-refractivity contribution < 1.29 is 4.39 Å². The number of halogens is 2. The highest BCUT2D eigenvalue weighted by molar-refractivity contribution is 6.30. The van der Waals surface area contributed by atoms with Crippen LogP contribution in [0.5, 0.6) is 0 Å². The standard InChI is InChI=1S/C24H18ClFN6/c25-15-4-5-18(26)17(10-15)23-24(29-13-28-23)20-7-6-19-22(30-20)9-14(12-27-19)21-11-16-3-1-2-8-32(16)31-21/h4-7,9-13H,1-3,8H2,(H,28,29). The van der Waals surface area contributed by atoms with Gasteiger partial charge in [0.15, 0.2) is 0 Å². The molecule has 1 aliphatic rings. The zero-order chi connectivity index (χ0) is 21.7. The van der Waals surface area contributed by atoms with Crippen LogP contribution in [0.2, 0.25) is 5.02 Å². The van der Waals surface area contributed by atoms with Gasteiger partial charge < -0.3 is 4.98 Å². The number of aryl methyl sites for hydroxylation is 2. The molecule has 1 N–H and O–H groups in total. The molecule has 158 valence electrons. The fourth-order valence-electron chi connectivity index (χ4n) is 4.22. The summed E-state index contributed by atoms with van der Waals surface area (Å²) in [4.78, 5) is 16.8. The van der Waals surface area contributed by atoms with Crippen molar-refractivity contribution in [3.63, 3.8) is 0 Å². The molecule has 4 aromatic heterocycles. The van der Waals surface area contributed by atoms with Gasteiger partial charge in [0.05, 0.1) is 34.4 Å². The van der Waals surface area contributed by atoms with Gasteiger partial charge in [-0.2, -0.15) is 5.10 Å². The number of hydrogen-bond donors (Lipinski definition) is 1. The number of aromatic amines is 1. The van der Waals surface area contributed by atoms with Crippen LogP contribution in [0.4, 0.5) is 4.39 Å². The van der Waals surface area contributed by atoms with Crippen molar-refractivity contribution >= 4 is 22.6 Å². The van der Waals surface area contributed by atoms with Gasteiger partial charge >= 0.3 is 0 Å². The lowest BCUT2D eigenvalue weighted by molar-refractivity contribution is 0.487. The van der Waals surface area contributed by atoms with Gasteiger partial charge in [0.25, 0.3) is 0 Å². The minimum absolute atomic E-state index is 0.325.